The first-order chi connectivity index (χ1) is 7.06. The molecule has 0 radical (unpaired) electrons. The normalized spacial score (nSPS) is 14.7. The van der Waals surface area contributed by atoms with E-state index in [9.17, 15) is 15.0 Å². The Hall–Kier alpha value is -1.33. The van der Waals surface area contributed by atoms with Crippen LogP contribution in [0.2, 0.25) is 0 Å². The van der Waals surface area contributed by atoms with E-state index in [4.69, 9.17) is 4.42 Å². The van der Waals surface area contributed by atoms with Gasteiger partial charge in [0, 0.05) is 0 Å². The molecule has 2 N–H and O–H groups in total. The zero-order valence-corrected chi connectivity index (χ0v) is 8.64. The van der Waals surface area contributed by atoms with Crippen LogP contribution >= 0.6 is 0 Å². The highest BCUT2D eigenvalue weighted by Gasteiger charge is 2.28. The van der Waals surface area contributed by atoms with Gasteiger partial charge < -0.3 is 19.4 Å². The van der Waals surface area contributed by atoms with E-state index in [-0.39, 0.29) is 12.4 Å². The quantitative estimate of drug-likeness (QED) is 0.715. The second-order valence-electron chi connectivity index (χ2n) is 3.09. The molecule has 0 saturated heterocycles. The van der Waals surface area contributed by atoms with Gasteiger partial charge >= 0.3 is 5.97 Å². The van der Waals surface area contributed by atoms with Crippen molar-refractivity contribution in [2.75, 3.05) is 6.61 Å². The van der Waals surface area contributed by atoms with Gasteiger partial charge in [0.25, 0.3) is 0 Å². The van der Waals surface area contributed by atoms with Crippen molar-refractivity contribution in [1.29, 1.82) is 0 Å². The number of carbonyl (C=O) groups is 1. The van der Waals surface area contributed by atoms with Crippen LogP contribution in [0.3, 0.4) is 0 Å². The first-order valence-electron chi connectivity index (χ1n) is 4.65. The summed E-state index contributed by atoms with van der Waals surface area (Å²) in [5.74, 6) is -0.118. The maximum Gasteiger partial charge on any atom is 0.338 e. The van der Waals surface area contributed by atoms with Crippen LogP contribution in [-0.4, -0.2) is 28.9 Å². The predicted molar refractivity (Wildman–Crippen MR) is 51.0 cm³/mol. The highest BCUT2D eigenvalue weighted by atomic mass is 16.5. The van der Waals surface area contributed by atoms with Gasteiger partial charge in [0.05, 0.1) is 6.61 Å². The van der Waals surface area contributed by atoms with E-state index < -0.39 is 18.2 Å². The Labute approximate surface area is 87.3 Å². The van der Waals surface area contributed by atoms with Crippen LogP contribution in [-0.2, 0) is 9.53 Å². The van der Waals surface area contributed by atoms with Crippen molar-refractivity contribution in [3.05, 3.63) is 23.7 Å². The molecule has 0 aliphatic carbocycles. The zero-order chi connectivity index (χ0) is 11.4. The van der Waals surface area contributed by atoms with E-state index in [2.05, 4.69) is 4.74 Å². The van der Waals surface area contributed by atoms with Crippen LogP contribution in [0.15, 0.2) is 16.5 Å². The van der Waals surface area contributed by atoms with E-state index >= 15 is 0 Å². The molecule has 5 nitrogen and oxygen atoms in total. The fraction of sp³-hybridized carbons (Fsp3) is 0.500. The molecule has 0 fully saturated rings. The molecule has 0 unspecified atom stereocenters. The summed E-state index contributed by atoms with van der Waals surface area (Å²) >= 11 is 0. The number of aliphatic hydroxyl groups excluding tert-OH is 2. The Morgan fingerprint density at radius 3 is 2.67 bits per heavy atom. The van der Waals surface area contributed by atoms with E-state index in [1.807, 2.05) is 0 Å². The van der Waals surface area contributed by atoms with Crippen molar-refractivity contribution in [2.24, 2.45) is 0 Å². The number of aliphatic hydroxyl groups is 2. The molecular weight excluding hydrogens is 200 g/mol. The summed E-state index contributed by atoms with van der Waals surface area (Å²) in [4.78, 5) is 11.1. The minimum Gasteiger partial charge on any atom is -0.464 e. The van der Waals surface area contributed by atoms with Crippen molar-refractivity contribution in [1.82, 2.24) is 0 Å². The van der Waals surface area contributed by atoms with Gasteiger partial charge in [0.1, 0.15) is 17.6 Å². The smallest absolute Gasteiger partial charge is 0.338 e. The lowest BCUT2D eigenvalue weighted by Gasteiger charge is -2.13. The van der Waals surface area contributed by atoms with Gasteiger partial charge in [-0.2, -0.15) is 0 Å². The van der Waals surface area contributed by atoms with Crippen LogP contribution in [0.1, 0.15) is 24.5 Å². The van der Waals surface area contributed by atoms with E-state index in [0.29, 0.717) is 5.76 Å². The Balaban J connectivity index is 2.67. The van der Waals surface area contributed by atoms with Crippen LogP contribution in [0.25, 0.3) is 0 Å². The van der Waals surface area contributed by atoms with Gasteiger partial charge in [0.15, 0.2) is 6.10 Å². The van der Waals surface area contributed by atoms with Gasteiger partial charge in [0.2, 0.25) is 0 Å². The van der Waals surface area contributed by atoms with Gasteiger partial charge in [-0.3, -0.25) is 0 Å². The summed E-state index contributed by atoms with van der Waals surface area (Å²) in [5.41, 5.74) is 0. The van der Waals surface area contributed by atoms with Gasteiger partial charge in [-0.25, -0.2) is 4.79 Å². The van der Waals surface area contributed by atoms with Crippen molar-refractivity contribution in [3.63, 3.8) is 0 Å². The minimum absolute atomic E-state index is 0.146. The number of ether oxygens (including phenoxy) is 1. The number of esters is 1. The molecule has 1 aromatic rings. The van der Waals surface area contributed by atoms with Crippen molar-refractivity contribution in [3.8, 4) is 0 Å². The summed E-state index contributed by atoms with van der Waals surface area (Å²) in [6.45, 7) is 3.47. The van der Waals surface area contributed by atoms with E-state index in [0.717, 1.165) is 0 Å². The van der Waals surface area contributed by atoms with E-state index in [1.54, 1.807) is 19.9 Å². The summed E-state index contributed by atoms with van der Waals surface area (Å²) in [6.07, 6.45) is -3.01. The molecule has 1 aromatic heterocycles. The molecule has 1 rings (SSSR count). The molecule has 1 heterocycles. The summed E-state index contributed by atoms with van der Waals surface area (Å²) in [7, 11) is 0. The first-order valence-corrected chi connectivity index (χ1v) is 4.65. The lowest BCUT2D eigenvalue weighted by molar-refractivity contribution is -0.160. The average molecular weight is 214 g/mol. The topological polar surface area (TPSA) is 79.9 Å². The molecule has 0 amide bonds. The van der Waals surface area contributed by atoms with Crippen LogP contribution in [0.5, 0.6) is 0 Å². The third kappa shape index (κ3) is 2.81. The molecule has 0 saturated carbocycles. The lowest BCUT2D eigenvalue weighted by Crippen LogP contribution is -2.29. The molecule has 5 heteroatoms. The highest BCUT2D eigenvalue weighted by Crippen LogP contribution is 2.20. The molecule has 0 spiro atoms. The molecule has 15 heavy (non-hydrogen) atoms. The Bertz CT molecular complexity index is 330. The molecule has 0 aliphatic rings. The second-order valence-corrected chi connectivity index (χ2v) is 3.09. The third-order valence-corrected chi connectivity index (χ3v) is 1.88. The lowest BCUT2D eigenvalue weighted by atomic mass is 10.1. The Kier molecular flexibility index (Phi) is 3.88. The first kappa shape index (κ1) is 11.7. The molecule has 0 bridgehead atoms. The largest absolute Gasteiger partial charge is 0.464 e. The number of hydrogen-bond acceptors (Lipinski definition) is 5. The monoisotopic (exact) mass is 214 g/mol. The number of carbonyl (C=O) groups excluding carboxylic acids is 1. The van der Waals surface area contributed by atoms with Crippen LogP contribution in [0, 0.1) is 6.92 Å². The number of rotatable bonds is 4. The summed E-state index contributed by atoms with van der Waals surface area (Å²) in [5, 5.41) is 19.0. The summed E-state index contributed by atoms with van der Waals surface area (Å²) in [6, 6.07) is 3.14. The van der Waals surface area contributed by atoms with Crippen molar-refractivity contribution in [2.45, 2.75) is 26.1 Å². The van der Waals surface area contributed by atoms with Crippen molar-refractivity contribution < 1.29 is 24.2 Å². The maximum absolute atomic E-state index is 11.1. The van der Waals surface area contributed by atoms with Gasteiger partial charge in [-0.05, 0) is 26.0 Å². The SMILES string of the molecule is CCOC(=O)[C@@H](O)[C@@H](O)c1ccc(C)o1. The molecule has 84 valence electrons. The third-order valence-electron chi connectivity index (χ3n) is 1.88. The van der Waals surface area contributed by atoms with Crippen LogP contribution in [0.4, 0.5) is 0 Å². The number of hydrogen-bond donors (Lipinski definition) is 2. The zero-order valence-electron chi connectivity index (χ0n) is 8.64. The Morgan fingerprint density at radius 1 is 1.53 bits per heavy atom. The molecule has 0 aliphatic heterocycles. The average Bonchev–Trinajstić information content (AvgIpc) is 2.63. The van der Waals surface area contributed by atoms with Crippen molar-refractivity contribution >= 4 is 5.97 Å². The highest BCUT2D eigenvalue weighted by molar-refractivity contribution is 5.75. The summed E-state index contributed by atoms with van der Waals surface area (Å²) < 4.78 is 9.64. The predicted octanol–water partition coefficient (Wildman–Crippen LogP) is 0.545. The van der Waals surface area contributed by atoms with Gasteiger partial charge in [-0.1, -0.05) is 0 Å². The van der Waals surface area contributed by atoms with Crippen LogP contribution < -0.4 is 0 Å². The fourth-order valence-electron chi connectivity index (χ4n) is 1.12. The fourth-order valence-corrected chi connectivity index (χ4v) is 1.12. The van der Waals surface area contributed by atoms with Gasteiger partial charge in [-0.15, -0.1) is 0 Å². The maximum atomic E-state index is 11.1. The minimum atomic E-state index is -1.62. The standard InChI is InChI=1S/C10H14O5/c1-3-14-10(13)9(12)8(11)7-5-4-6(2)15-7/h4-5,8-9,11-12H,3H2,1-2H3/t8-,9-/m0/s1. The Morgan fingerprint density at radius 2 is 2.20 bits per heavy atom. The number of aryl methyl sites for hydroxylation is 1. The molecule has 0 aromatic carbocycles. The second kappa shape index (κ2) is 4.95. The molecular formula is C10H14O5. The molecule has 2 atom stereocenters. The number of furan rings is 1. The van der Waals surface area contributed by atoms with E-state index in [1.165, 1.54) is 6.07 Å².